The van der Waals surface area contributed by atoms with Gasteiger partial charge in [0.2, 0.25) is 11.8 Å². The molecule has 2 aromatic carbocycles. The number of rotatable bonds is 5. The number of nitrogens with zero attached hydrogens (tertiary/aromatic N) is 2. The van der Waals surface area contributed by atoms with Crippen LogP contribution in [0.5, 0.6) is 0 Å². The third-order valence-electron chi connectivity index (χ3n) is 3.64. The molecular weight excluding hydrogens is 379 g/mol. The number of carbonyl (C=O) groups is 1. The van der Waals surface area contributed by atoms with Gasteiger partial charge in [-0.3, -0.25) is 4.79 Å². The number of thioether (sulfide) groups is 1. The van der Waals surface area contributed by atoms with Gasteiger partial charge in [-0.05, 0) is 38.1 Å². The van der Waals surface area contributed by atoms with Gasteiger partial charge in [0.05, 0.1) is 10.9 Å². The lowest BCUT2D eigenvalue weighted by Crippen LogP contribution is -2.23. The zero-order valence-electron chi connectivity index (χ0n) is 14.3. The molecule has 0 saturated heterocycles. The lowest BCUT2D eigenvalue weighted by Gasteiger charge is -2.11. The molecule has 140 valence electrons. The Morgan fingerprint density at radius 3 is 2.48 bits per heavy atom. The van der Waals surface area contributed by atoms with Crippen LogP contribution in [0.2, 0.25) is 0 Å². The van der Waals surface area contributed by atoms with E-state index in [1.54, 1.807) is 0 Å². The molecule has 0 fully saturated rings. The summed E-state index contributed by atoms with van der Waals surface area (Å²) in [7, 11) is 0. The van der Waals surface area contributed by atoms with E-state index in [1.807, 2.05) is 31.2 Å². The molecule has 9 heteroatoms. The van der Waals surface area contributed by atoms with Crippen LogP contribution in [-0.4, -0.2) is 21.4 Å². The molecule has 1 unspecified atom stereocenters. The van der Waals surface area contributed by atoms with Crippen molar-refractivity contribution in [1.82, 2.24) is 10.2 Å². The molecule has 1 amide bonds. The molecule has 1 N–H and O–H groups in total. The lowest BCUT2D eigenvalue weighted by molar-refractivity contribution is -0.115. The number of halogens is 3. The second-order valence-corrected chi connectivity index (χ2v) is 7.00. The molecule has 0 aliphatic heterocycles. The first-order valence-electron chi connectivity index (χ1n) is 7.86. The van der Waals surface area contributed by atoms with Gasteiger partial charge in [0.1, 0.15) is 0 Å². The molecule has 1 atom stereocenters. The van der Waals surface area contributed by atoms with E-state index in [9.17, 15) is 18.0 Å². The fourth-order valence-electron chi connectivity index (χ4n) is 2.13. The van der Waals surface area contributed by atoms with Gasteiger partial charge in [0.25, 0.3) is 5.22 Å². The molecule has 1 aromatic heterocycles. The number of nitrogens with one attached hydrogen (secondary N) is 1. The summed E-state index contributed by atoms with van der Waals surface area (Å²) in [6.45, 7) is 3.49. The molecule has 0 bridgehead atoms. The average molecular weight is 393 g/mol. The standard InChI is InChI=1S/C18H14F3N3O2S/c1-9-3-5-11(6-4-9)17-23-24-18(26-17)27-10(2)16(25)22-13-8-7-12(19)14(20)15(13)21/h3-8,10H,1-2H3,(H,22,25). The fourth-order valence-corrected chi connectivity index (χ4v) is 2.82. The van der Waals surface area contributed by atoms with E-state index < -0.39 is 34.3 Å². The Morgan fingerprint density at radius 2 is 1.78 bits per heavy atom. The van der Waals surface area contributed by atoms with E-state index in [2.05, 4.69) is 15.5 Å². The number of hydrogen-bond acceptors (Lipinski definition) is 5. The van der Waals surface area contributed by atoms with E-state index >= 15 is 0 Å². The average Bonchev–Trinajstić information content (AvgIpc) is 3.11. The SMILES string of the molecule is Cc1ccc(-c2nnc(SC(C)C(=O)Nc3ccc(F)c(F)c3F)o2)cc1. The van der Waals surface area contributed by atoms with Crippen LogP contribution in [0.3, 0.4) is 0 Å². The van der Waals surface area contributed by atoms with Gasteiger partial charge in [-0.25, -0.2) is 13.2 Å². The maximum atomic E-state index is 13.7. The zero-order valence-corrected chi connectivity index (χ0v) is 15.1. The topological polar surface area (TPSA) is 68.0 Å². The van der Waals surface area contributed by atoms with Crippen molar-refractivity contribution in [2.45, 2.75) is 24.3 Å². The van der Waals surface area contributed by atoms with Crippen LogP contribution in [0.4, 0.5) is 18.9 Å². The predicted molar refractivity (Wildman–Crippen MR) is 94.7 cm³/mol. The largest absolute Gasteiger partial charge is 0.411 e. The van der Waals surface area contributed by atoms with Crippen molar-refractivity contribution in [1.29, 1.82) is 0 Å². The van der Waals surface area contributed by atoms with Crippen molar-refractivity contribution in [3.05, 3.63) is 59.4 Å². The highest BCUT2D eigenvalue weighted by atomic mass is 32.2. The van der Waals surface area contributed by atoms with Crippen LogP contribution in [0.15, 0.2) is 46.0 Å². The van der Waals surface area contributed by atoms with Gasteiger partial charge in [0.15, 0.2) is 17.5 Å². The highest BCUT2D eigenvalue weighted by Crippen LogP contribution is 2.27. The summed E-state index contributed by atoms with van der Waals surface area (Å²) < 4.78 is 45.4. The Labute approximate surface area is 157 Å². The van der Waals surface area contributed by atoms with Gasteiger partial charge >= 0.3 is 0 Å². The Balaban J connectivity index is 1.67. The Hall–Kier alpha value is -2.81. The zero-order chi connectivity index (χ0) is 19.6. The number of anilines is 1. The monoisotopic (exact) mass is 393 g/mol. The molecule has 27 heavy (non-hydrogen) atoms. The number of aryl methyl sites for hydroxylation is 1. The number of benzene rings is 2. The second kappa shape index (κ2) is 7.83. The summed E-state index contributed by atoms with van der Waals surface area (Å²) in [4.78, 5) is 12.2. The van der Waals surface area contributed by atoms with Crippen molar-refractivity contribution < 1.29 is 22.4 Å². The van der Waals surface area contributed by atoms with Crippen molar-refractivity contribution >= 4 is 23.4 Å². The number of hydrogen-bond donors (Lipinski definition) is 1. The first-order valence-corrected chi connectivity index (χ1v) is 8.74. The third kappa shape index (κ3) is 4.30. The highest BCUT2D eigenvalue weighted by Gasteiger charge is 2.21. The molecule has 0 saturated carbocycles. The molecule has 5 nitrogen and oxygen atoms in total. The van der Waals surface area contributed by atoms with Crippen molar-refractivity contribution in [2.75, 3.05) is 5.32 Å². The van der Waals surface area contributed by atoms with Gasteiger partial charge in [-0.15, -0.1) is 10.2 Å². The lowest BCUT2D eigenvalue weighted by atomic mass is 10.1. The van der Waals surface area contributed by atoms with Crippen molar-refractivity contribution in [3.8, 4) is 11.5 Å². The van der Waals surface area contributed by atoms with Gasteiger partial charge in [0, 0.05) is 5.56 Å². The summed E-state index contributed by atoms with van der Waals surface area (Å²) in [5.41, 5.74) is 1.38. The highest BCUT2D eigenvalue weighted by molar-refractivity contribution is 8.00. The van der Waals surface area contributed by atoms with Crippen molar-refractivity contribution in [3.63, 3.8) is 0 Å². The molecule has 0 aliphatic carbocycles. The van der Waals surface area contributed by atoms with Gasteiger partial charge < -0.3 is 9.73 Å². The van der Waals surface area contributed by atoms with Crippen LogP contribution in [0, 0.1) is 24.4 Å². The molecule has 0 radical (unpaired) electrons. The number of aromatic nitrogens is 2. The normalized spacial score (nSPS) is 12.0. The second-order valence-electron chi connectivity index (χ2n) is 5.71. The summed E-state index contributed by atoms with van der Waals surface area (Å²) in [6, 6.07) is 9.15. The number of carbonyl (C=O) groups excluding carboxylic acids is 1. The summed E-state index contributed by atoms with van der Waals surface area (Å²) >= 11 is 0.960. The molecule has 0 spiro atoms. The molecule has 0 aliphatic rings. The van der Waals surface area contributed by atoms with Gasteiger partial charge in [-0.1, -0.05) is 29.5 Å². The predicted octanol–water partition coefficient (Wildman–Crippen LogP) is 4.58. The van der Waals surface area contributed by atoms with E-state index in [1.165, 1.54) is 6.92 Å². The van der Waals surface area contributed by atoms with Crippen LogP contribution in [0.1, 0.15) is 12.5 Å². The third-order valence-corrected chi connectivity index (χ3v) is 4.58. The minimum absolute atomic E-state index is 0.152. The van der Waals surface area contributed by atoms with Crippen LogP contribution in [0.25, 0.3) is 11.5 Å². The first kappa shape index (κ1) is 19.0. The quantitative estimate of drug-likeness (QED) is 0.508. The van der Waals surface area contributed by atoms with Crippen LogP contribution >= 0.6 is 11.8 Å². The smallest absolute Gasteiger partial charge is 0.277 e. The Kier molecular flexibility index (Phi) is 5.50. The summed E-state index contributed by atoms with van der Waals surface area (Å²) in [5.74, 6) is -4.76. The molecule has 3 aromatic rings. The van der Waals surface area contributed by atoms with E-state index in [0.29, 0.717) is 5.89 Å². The summed E-state index contributed by atoms with van der Waals surface area (Å²) in [5, 5.41) is 9.41. The minimum atomic E-state index is -1.65. The van der Waals surface area contributed by atoms with Gasteiger partial charge in [-0.2, -0.15) is 0 Å². The number of amides is 1. The van der Waals surface area contributed by atoms with Crippen LogP contribution in [-0.2, 0) is 4.79 Å². The fraction of sp³-hybridized carbons (Fsp3) is 0.167. The molecule has 1 heterocycles. The first-order chi connectivity index (χ1) is 12.8. The Morgan fingerprint density at radius 1 is 1.07 bits per heavy atom. The maximum absolute atomic E-state index is 13.7. The Bertz CT molecular complexity index is 976. The maximum Gasteiger partial charge on any atom is 0.277 e. The van der Waals surface area contributed by atoms with E-state index in [4.69, 9.17) is 4.42 Å². The molecule has 3 rings (SSSR count). The molecular formula is C18H14F3N3O2S. The van der Waals surface area contributed by atoms with E-state index in [0.717, 1.165) is 35.0 Å². The van der Waals surface area contributed by atoms with Crippen molar-refractivity contribution in [2.24, 2.45) is 0 Å². The van der Waals surface area contributed by atoms with Crippen LogP contribution < -0.4 is 5.32 Å². The van der Waals surface area contributed by atoms with E-state index in [-0.39, 0.29) is 5.22 Å². The minimum Gasteiger partial charge on any atom is -0.411 e. The summed E-state index contributed by atoms with van der Waals surface area (Å²) in [6.07, 6.45) is 0.